The van der Waals surface area contributed by atoms with E-state index in [1.54, 1.807) is 13.3 Å². The van der Waals surface area contributed by atoms with E-state index in [1.807, 2.05) is 25.4 Å². The van der Waals surface area contributed by atoms with Gasteiger partial charge in [0.05, 0.1) is 20.4 Å². The molecule has 0 radical (unpaired) electrons. The number of methoxy groups -OCH3 is 2. The van der Waals surface area contributed by atoms with E-state index in [1.165, 1.54) is 13.2 Å². The number of hydrogen-bond acceptors (Lipinski definition) is 6. The van der Waals surface area contributed by atoms with E-state index in [0.29, 0.717) is 36.0 Å². The van der Waals surface area contributed by atoms with Crippen LogP contribution in [0.25, 0.3) is 11.0 Å². The van der Waals surface area contributed by atoms with Crippen LogP contribution in [0.1, 0.15) is 22.3 Å². The Balaban J connectivity index is 1.54. The zero-order valence-corrected chi connectivity index (χ0v) is 17.0. The molecule has 0 bridgehead atoms. The first kappa shape index (κ1) is 19.6. The molecule has 0 saturated heterocycles. The highest BCUT2D eigenvalue weighted by molar-refractivity contribution is 5.80. The van der Waals surface area contributed by atoms with E-state index < -0.39 is 5.82 Å². The third-order valence-corrected chi connectivity index (χ3v) is 4.81. The fourth-order valence-electron chi connectivity index (χ4n) is 3.36. The summed E-state index contributed by atoms with van der Waals surface area (Å²) in [7, 11) is 3.09. The van der Waals surface area contributed by atoms with Gasteiger partial charge in [-0.3, -0.25) is 0 Å². The van der Waals surface area contributed by atoms with Crippen molar-refractivity contribution in [3.8, 4) is 11.6 Å². The van der Waals surface area contributed by atoms with Crippen molar-refractivity contribution in [2.24, 2.45) is 0 Å². The minimum absolute atomic E-state index is 0.296. The van der Waals surface area contributed by atoms with Crippen molar-refractivity contribution in [1.82, 2.24) is 19.9 Å². The smallest absolute Gasteiger partial charge is 0.218 e. The molecule has 0 aliphatic heterocycles. The van der Waals surface area contributed by atoms with Crippen LogP contribution in [0.5, 0.6) is 11.6 Å². The predicted molar refractivity (Wildman–Crippen MR) is 112 cm³/mol. The molecule has 8 heteroatoms. The Bertz CT molecular complexity index is 1190. The van der Waals surface area contributed by atoms with Crippen molar-refractivity contribution in [2.45, 2.75) is 19.9 Å². The van der Waals surface area contributed by atoms with Gasteiger partial charge in [-0.1, -0.05) is 0 Å². The average Bonchev–Trinajstić information content (AvgIpc) is 3.14. The Labute approximate surface area is 173 Å². The van der Waals surface area contributed by atoms with Crippen LogP contribution in [0.2, 0.25) is 0 Å². The summed E-state index contributed by atoms with van der Waals surface area (Å²) in [6, 6.07) is 5.44. The largest absolute Gasteiger partial charge is 0.493 e. The molecule has 4 aromatic heterocycles. The molecule has 4 aromatic rings. The third-order valence-electron chi connectivity index (χ3n) is 4.81. The van der Waals surface area contributed by atoms with Crippen molar-refractivity contribution in [3.05, 3.63) is 71.1 Å². The van der Waals surface area contributed by atoms with Crippen molar-refractivity contribution in [2.75, 3.05) is 19.5 Å². The van der Waals surface area contributed by atoms with Crippen LogP contribution < -0.4 is 14.8 Å². The van der Waals surface area contributed by atoms with Crippen LogP contribution in [0.4, 0.5) is 10.2 Å². The molecule has 0 aliphatic carbocycles. The van der Waals surface area contributed by atoms with Gasteiger partial charge in [0, 0.05) is 42.5 Å². The molecule has 0 aliphatic rings. The molecule has 0 amide bonds. The van der Waals surface area contributed by atoms with Gasteiger partial charge < -0.3 is 19.8 Å². The number of fused-ring (bicyclic) bond motifs is 1. The van der Waals surface area contributed by atoms with Crippen molar-refractivity contribution >= 4 is 16.9 Å². The number of H-pyrrole nitrogens is 1. The van der Waals surface area contributed by atoms with Crippen LogP contribution in [-0.4, -0.2) is 34.2 Å². The van der Waals surface area contributed by atoms with E-state index >= 15 is 0 Å². The third kappa shape index (κ3) is 4.03. The predicted octanol–water partition coefficient (Wildman–Crippen LogP) is 4.02. The summed E-state index contributed by atoms with van der Waals surface area (Å²) in [5.41, 5.74) is 4.71. The zero-order valence-electron chi connectivity index (χ0n) is 17.0. The highest BCUT2D eigenvalue weighted by atomic mass is 19.1. The molecular formula is C22H22FN5O2. The number of halogens is 1. The second-order valence-electron chi connectivity index (χ2n) is 6.97. The Morgan fingerprint density at radius 2 is 1.87 bits per heavy atom. The molecule has 154 valence electrons. The van der Waals surface area contributed by atoms with E-state index in [2.05, 4.69) is 31.3 Å². The number of rotatable bonds is 7. The minimum Gasteiger partial charge on any atom is -0.493 e. The minimum atomic E-state index is -0.425. The molecule has 4 rings (SSSR count). The molecule has 0 unspecified atom stereocenters. The van der Waals surface area contributed by atoms with E-state index in [4.69, 9.17) is 9.47 Å². The van der Waals surface area contributed by atoms with E-state index in [-0.39, 0.29) is 0 Å². The van der Waals surface area contributed by atoms with Crippen molar-refractivity contribution in [3.63, 3.8) is 0 Å². The number of ether oxygens (including phenoxy) is 2. The topological polar surface area (TPSA) is 85.0 Å². The lowest BCUT2D eigenvalue weighted by Gasteiger charge is -2.13. The zero-order chi connectivity index (χ0) is 21.1. The summed E-state index contributed by atoms with van der Waals surface area (Å²) in [5, 5.41) is 4.27. The number of aromatic nitrogens is 4. The highest BCUT2D eigenvalue weighted by Gasteiger charge is 2.12. The lowest BCUT2D eigenvalue weighted by molar-refractivity contribution is 0.390. The highest BCUT2D eigenvalue weighted by Crippen LogP contribution is 2.27. The summed E-state index contributed by atoms with van der Waals surface area (Å²) in [6.07, 6.45) is 7.43. The Kier molecular flexibility index (Phi) is 5.47. The van der Waals surface area contributed by atoms with Gasteiger partial charge in [0.25, 0.3) is 0 Å². The average molecular weight is 407 g/mol. The van der Waals surface area contributed by atoms with Crippen molar-refractivity contribution < 1.29 is 13.9 Å². The first-order valence-electron chi connectivity index (χ1n) is 9.45. The van der Waals surface area contributed by atoms with Crippen LogP contribution in [0, 0.1) is 12.7 Å². The number of nitrogens with one attached hydrogen (secondary N) is 2. The molecule has 30 heavy (non-hydrogen) atoms. The molecule has 0 spiro atoms. The van der Waals surface area contributed by atoms with Gasteiger partial charge in [-0.05, 0) is 41.8 Å². The van der Waals surface area contributed by atoms with Crippen LogP contribution in [0.15, 0.2) is 43.0 Å². The van der Waals surface area contributed by atoms with Crippen molar-refractivity contribution in [1.29, 1.82) is 0 Å². The molecule has 0 atom stereocenters. The summed E-state index contributed by atoms with van der Waals surface area (Å²) >= 11 is 0. The van der Waals surface area contributed by atoms with E-state index in [0.717, 1.165) is 33.9 Å². The second kappa shape index (κ2) is 8.36. The fraction of sp³-hybridized carbons (Fsp3) is 0.227. The fourth-order valence-corrected chi connectivity index (χ4v) is 3.36. The number of aryl methyl sites for hydroxylation is 1. The number of pyridine rings is 3. The van der Waals surface area contributed by atoms with Gasteiger partial charge in [0.15, 0.2) is 11.6 Å². The summed E-state index contributed by atoms with van der Waals surface area (Å²) in [4.78, 5) is 16.1. The normalized spacial score (nSPS) is 10.9. The van der Waals surface area contributed by atoms with Gasteiger partial charge in [0.2, 0.25) is 5.88 Å². The molecule has 4 heterocycles. The Morgan fingerprint density at radius 3 is 2.67 bits per heavy atom. The van der Waals surface area contributed by atoms with E-state index in [9.17, 15) is 4.39 Å². The first-order chi connectivity index (χ1) is 14.6. The summed E-state index contributed by atoms with van der Waals surface area (Å²) < 4.78 is 24.2. The van der Waals surface area contributed by atoms with Crippen LogP contribution in [0.3, 0.4) is 0 Å². The molecule has 0 aromatic carbocycles. The van der Waals surface area contributed by atoms with Gasteiger partial charge in [-0.25, -0.2) is 19.3 Å². The molecule has 7 nitrogen and oxygen atoms in total. The molecular weight excluding hydrogens is 385 g/mol. The molecule has 2 N–H and O–H groups in total. The lowest BCUT2D eigenvalue weighted by atomic mass is 10.1. The number of anilines is 1. The van der Waals surface area contributed by atoms with Crippen LogP contribution in [-0.2, 0) is 13.0 Å². The molecule has 0 saturated carbocycles. The second-order valence-corrected chi connectivity index (χ2v) is 6.97. The number of nitrogens with zero attached hydrogens (tertiary/aromatic N) is 3. The molecule has 0 fully saturated rings. The maximum absolute atomic E-state index is 13.5. The quantitative estimate of drug-likeness (QED) is 0.481. The maximum Gasteiger partial charge on any atom is 0.218 e. The van der Waals surface area contributed by atoms with Gasteiger partial charge in [-0.2, -0.15) is 0 Å². The number of aromatic amines is 1. The monoisotopic (exact) mass is 407 g/mol. The van der Waals surface area contributed by atoms with Gasteiger partial charge in [0.1, 0.15) is 11.5 Å². The Hall–Kier alpha value is -3.68. The van der Waals surface area contributed by atoms with Gasteiger partial charge in [-0.15, -0.1) is 0 Å². The van der Waals surface area contributed by atoms with Crippen LogP contribution >= 0.6 is 0 Å². The maximum atomic E-state index is 13.5. The first-order valence-corrected chi connectivity index (χ1v) is 9.45. The standard InChI is InChI=1S/C22H22FN5O2/c1-13-4-18-15(10-26-20(18)24-8-13)5-14-6-19(29-2)21(25-9-14)27-11-16-7-17(23)12-28-22(16)30-3/h4,6-10,12H,5,11H2,1-3H3,(H,24,26)(H,25,27). The lowest BCUT2D eigenvalue weighted by Crippen LogP contribution is -2.07. The summed E-state index contributed by atoms with van der Waals surface area (Å²) in [5.74, 6) is 1.10. The SMILES string of the molecule is COc1cc(Cc2c[nH]c3ncc(C)cc23)cnc1NCc1cc(F)cnc1OC. The van der Waals surface area contributed by atoms with Gasteiger partial charge >= 0.3 is 0 Å². The summed E-state index contributed by atoms with van der Waals surface area (Å²) in [6.45, 7) is 2.32. The Morgan fingerprint density at radius 1 is 1.00 bits per heavy atom. The number of hydrogen-bond donors (Lipinski definition) is 2.